The van der Waals surface area contributed by atoms with Gasteiger partial charge >= 0.3 is 43.0 Å². The van der Waals surface area contributed by atoms with Crippen LogP contribution >= 0.6 is 31.9 Å². The van der Waals surface area contributed by atoms with Crippen molar-refractivity contribution in [2.45, 2.75) is 80.9 Å². The van der Waals surface area contributed by atoms with E-state index in [1.54, 1.807) is 0 Å². The van der Waals surface area contributed by atoms with Crippen LogP contribution in [0.1, 0.15) is 75.9 Å². The number of carbonyl (C=O) groups excluding carboxylic acids is 1. The number of aliphatic imine (C=N–C) groups is 2. The molecule has 2 atom stereocenters. The van der Waals surface area contributed by atoms with E-state index in [2.05, 4.69) is 51.8 Å². The first kappa shape index (κ1) is 53.2. The Morgan fingerprint density at radius 2 is 0.896 bits per heavy atom. The largest absolute Gasteiger partial charge is 0.461 e. The second-order valence-corrected chi connectivity index (χ2v) is 16.5. The molecule has 0 amide bonds. The summed E-state index contributed by atoms with van der Waals surface area (Å²) in [6.45, 7) is -1.52. The van der Waals surface area contributed by atoms with Gasteiger partial charge in [0.25, 0.3) is 0 Å². The smallest absolute Gasteiger partial charge is 0.433 e. The molecular formula is C40H26Br2F18N4O3. The number of alkyl halides is 18. The van der Waals surface area contributed by atoms with Crippen LogP contribution in [-0.4, -0.2) is 57.9 Å². The van der Waals surface area contributed by atoms with Gasteiger partial charge < -0.3 is 9.84 Å². The van der Waals surface area contributed by atoms with Gasteiger partial charge in [-0.25, -0.2) is 9.97 Å². The molecule has 0 aliphatic carbocycles. The minimum Gasteiger partial charge on any atom is -0.461 e. The van der Waals surface area contributed by atoms with Crippen molar-refractivity contribution in [3.8, 4) is 0 Å². The van der Waals surface area contributed by atoms with Crippen LogP contribution < -0.4 is 0 Å². The summed E-state index contributed by atoms with van der Waals surface area (Å²) in [7, 11) is 0. The predicted molar refractivity (Wildman–Crippen MR) is 206 cm³/mol. The summed E-state index contributed by atoms with van der Waals surface area (Å²) in [5, 5.41) is 9.20. The summed E-state index contributed by atoms with van der Waals surface area (Å²) in [6, 6.07) is 8.27. The summed E-state index contributed by atoms with van der Waals surface area (Å²) >= 11 is 6.33. The first-order chi connectivity index (χ1) is 30.5. The van der Waals surface area contributed by atoms with Crippen LogP contribution in [0.3, 0.4) is 0 Å². The van der Waals surface area contributed by atoms with E-state index in [4.69, 9.17) is 4.74 Å². The molecule has 0 saturated heterocycles. The number of aromatic nitrogens is 2. The van der Waals surface area contributed by atoms with Crippen LogP contribution in [0, 0.1) is 0 Å². The minimum atomic E-state index is -5.41. The second-order valence-electron chi connectivity index (χ2n) is 14.8. The Hall–Kier alpha value is -4.79. The zero-order chi connectivity index (χ0) is 50.5. The molecule has 4 aromatic rings. The highest BCUT2D eigenvalue weighted by Crippen LogP contribution is 2.51. The fraction of sp³-hybridized carbons (Fsp3) is 0.375. The van der Waals surface area contributed by atoms with Crippen LogP contribution in [0.25, 0.3) is 0 Å². The second kappa shape index (κ2) is 18.6. The first-order valence-corrected chi connectivity index (χ1v) is 20.0. The number of benzene rings is 2. The van der Waals surface area contributed by atoms with E-state index in [1.807, 2.05) is 0 Å². The molecule has 2 aliphatic heterocycles. The van der Waals surface area contributed by atoms with Crippen LogP contribution in [0.15, 0.2) is 79.6 Å². The number of hydrogen-bond donors (Lipinski definition) is 1. The third-order valence-electron chi connectivity index (χ3n) is 10.4. The molecule has 27 heteroatoms. The van der Waals surface area contributed by atoms with Crippen molar-refractivity contribution in [2.24, 2.45) is 9.98 Å². The SMILES string of the molecule is CC(=O)OCc1ccc(C2=NCC(c3cc(C(F)(F)F)nc(C(F)(F)F)c3)(C(F)(F)F)C2)cc1Br.OCc1ccc(C2=NCC(c3cc(C(F)(F)F)nc(C(F)(F)F)c3)(C(F)(F)F)C2)cc1Br. The molecule has 0 saturated carbocycles. The number of nitrogens with zero attached hydrogens (tertiary/aromatic N) is 4. The molecule has 67 heavy (non-hydrogen) atoms. The molecule has 0 bridgehead atoms. The molecule has 0 spiro atoms. The van der Waals surface area contributed by atoms with Gasteiger partial charge in [0.2, 0.25) is 0 Å². The molecule has 2 aromatic heterocycles. The fourth-order valence-corrected chi connectivity index (χ4v) is 7.81. The van der Waals surface area contributed by atoms with Gasteiger partial charge in [0.15, 0.2) is 0 Å². The highest BCUT2D eigenvalue weighted by Gasteiger charge is 2.61. The number of rotatable bonds is 7. The molecule has 2 aliphatic rings. The normalized spacial score (nSPS) is 19.4. The molecule has 364 valence electrons. The van der Waals surface area contributed by atoms with Crippen molar-refractivity contribution in [1.82, 2.24) is 9.97 Å². The van der Waals surface area contributed by atoms with Gasteiger partial charge in [0.05, 0.1) is 19.7 Å². The standard InChI is InChI=1S/C21H14BrF9N2O2.C19H12BrF9N2O/c1-10(34)35-8-12-3-2-11(4-14(12)22)15-7-18(9-32-15,21(29,30)31)13-5-16(19(23,24)25)33-17(6-13)20(26,27)28;20-12-3-9(1-2-10(12)7-32)13-6-16(8-30-13,19(27,28)29)11-4-14(17(21,22)23)31-15(5-11)18(24,25)26/h2-6H,7-9H2,1H3;1-5,32H,6-8H2. The minimum absolute atomic E-state index is 0.00797. The van der Waals surface area contributed by atoms with Crippen molar-refractivity contribution in [1.29, 1.82) is 0 Å². The molecule has 0 radical (unpaired) electrons. The maximum absolute atomic E-state index is 14.3. The van der Waals surface area contributed by atoms with Crippen molar-refractivity contribution >= 4 is 49.3 Å². The summed E-state index contributed by atoms with van der Waals surface area (Å²) in [5.74, 6) is -0.565. The van der Waals surface area contributed by atoms with E-state index in [0.29, 0.717) is 20.1 Å². The highest BCUT2D eigenvalue weighted by molar-refractivity contribution is 9.10. The summed E-state index contributed by atoms with van der Waals surface area (Å²) in [6.07, 6.45) is -34.0. The Morgan fingerprint density at radius 1 is 0.567 bits per heavy atom. The van der Waals surface area contributed by atoms with E-state index < -0.39 is 114 Å². The molecule has 6 rings (SSSR count). The van der Waals surface area contributed by atoms with Gasteiger partial charge in [-0.15, -0.1) is 0 Å². The molecule has 2 aromatic carbocycles. The molecule has 2 unspecified atom stereocenters. The van der Waals surface area contributed by atoms with E-state index in [-0.39, 0.29) is 60.0 Å². The lowest BCUT2D eigenvalue weighted by Gasteiger charge is -2.32. The Bertz CT molecular complexity index is 2520. The summed E-state index contributed by atoms with van der Waals surface area (Å²) in [5.41, 5.74) is -16.1. The number of aliphatic hydroxyl groups excluding tert-OH is 1. The van der Waals surface area contributed by atoms with Gasteiger partial charge in [-0.1, -0.05) is 56.1 Å². The first-order valence-electron chi connectivity index (χ1n) is 18.4. The van der Waals surface area contributed by atoms with Crippen LogP contribution in [-0.2, 0) is 58.3 Å². The van der Waals surface area contributed by atoms with Crippen LogP contribution in [0.5, 0.6) is 0 Å². The number of aliphatic hydroxyl groups is 1. The lowest BCUT2D eigenvalue weighted by Crippen LogP contribution is -2.44. The van der Waals surface area contributed by atoms with E-state index in [0.717, 1.165) is 0 Å². The lowest BCUT2D eigenvalue weighted by atomic mass is 9.76. The third-order valence-corrected chi connectivity index (χ3v) is 11.9. The third kappa shape index (κ3) is 11.6. The van der Waals surface area contributed by atoms with Gasteiger partial charge in [0.1, 0.15) is 40.2 Å². The van der Waals surface area contributed by atoms with Crippen molar-refractivity contribution in [2.75, 3.05) is 13.1 Å². The maximum atomic E-state index is 14.3. The topological polar surface area (TPSA) is 97.0 Å². The van der Waals surface area contributed by atoms with Crippen molar-refractivity contribution in [3.05, 3.63) is 126 Å². The Kier molecular flexibility index (Phi) is 14.8. The maximum Gasteiger partial charge on any atom is 0.433 e. The average molecular weight is 1110 g/mol. The van der Waals surface area contributed by atoms with E-state index in [1.165, 1.54) is 43.3 Å². The van der Waals surface area contributed by atoms with Crippen LogP contribution in [0.2, 0.25) is 0 Å². The number of esters is 1. The van der Waals surface area contributed by atoms with Gasteiger partial charge in [0, 0.05) is 45.7 Å². The average Bonchev–Trinajstić information content (AvgIpc) is 3.87. The Labute approximate surface area is 381 Å². The van der Waals surface area contributed by atoms with Gasteiger partial charge in [-0.05, 0) is 64.2 Å². The van der Waals surface area contributed by atoms with Gasteiger partial charge in [-0.3, -0.25) is 14.8 Å². The van der Waals surface area contributed by atoms with E-state index in [9.17, 15) is 88.9 Å². The van der Waals surface area contributed by atoms with E-state index >= 15 is 0 Å². The quantitative estimate of drug-likeness (QED) is 0.147. The number of hydrogen-bond acceptors (Lipinski definition) is 7. The summed E-state index contributed by atoms with van der Waals surface area (Å²) < 4.78 is 249. The lowest BCUT2D eigenvalue weighted by molar-refractivity contribution is -0.185. The zero-order valence-electron chi connectivity index (χ0n) is 33.1. The highest BCUT2D eigenvalue weighted by atomic mass is 79.9. The predicted octanol–water partition coefficient (Wildman–Crippen LogP) is 12.7. The van der Waals surface area contributed by atoms with Gasteiger partial charge in [-0.2, -0.15) is 79.0 Å². The number of pyridine rings is 2. The molecule has 4 heterocycles. The Balaban J connectivity index is 0.000000252. The van der Waals surface area contributed by atoms with Crippen molar-refractivity contribution in [3.63, 3.8) is 0 Å². The molecule has 7 nitrogen and oxygen atoms in total. The van der Waals surface area contributed by atoms with Crippen molar-refractivity contribution < 1.29 is 93.7 Å². The van der Waals surface area contributed by atoms with Crippen LogP contribution in [0.4, 0.5) is 79.0 Å². The zero-order valence-corrected chi connectivity index (χ0v) is 36.3. The Morgan fingerprint density at radius 3 is 1.16 bits per heavy atom. The summed E-state index contributed by atoms with van der Waals surface area (Å²) in [4.78, 5) is 23.6. The molecule has 0 fully saturated rings. The number of halogens is 20. The number of ether oxygens (including phenoxy) is 1. The fourth-order valence-electron chi connectivity index (χ4n) is 6.81. The molecular weight excluding hydrogens is 1090 g/mol. The number of carbonyl (C=O) groups is 1. The molecule has 1 N–H and O–H groups in total. The monoisotopic (exact) mass is 1110 g/mol.